The number of nitrogens with one attached hydrogen (secondary N) is 1. The summed E-state index contributed by atoms with van der Waals surface area (Å²) >= 11 is 1.23. The average molecular weight is 552 g/mol. The van der Waals surface area contributed by atoms with Gasteiger partial charge in [0.1, 0.15) is 35.9 Å². The first kappa shape index (κ1) is 30.8. The van der Waals surface area contributed by atoms with Crippen LogP contribution in [0.25, 0.3) is 0 Å². The zero-order valence-corrected chi connectivity index (χ0v) is 23.7. The van der Waals surface area contributed by atoms with Crippen LogP contribution in [0.5, 0.6) is 0 Å². The molecule has 0 spiro atoms. The van der Waals surface area contributed by atoms with Crippen molar-refractivity contribution in [3.05, 3.63) is 35.9 Å². The Morgan fingerprint density at radius 3 is 2.45 bits per heavy atom. The van der Waals surface area contributed by atoms with Gasteiger partial charge in [-0.15, -0.1) is 11.8 Å². The van der Waals surface area contributed by atoms with E-state index in [1.165, 1.54) is 11.8 Å². The predicted molar refractivity (Wildman–Crippen MR) is 148 cm³/mol. The van der Waals surface area contributed by atoms with E-state index in [-0.39, 0.29) is 17.7 Å². The molecule has 2 aliphatic heterocycles. The molecule has 2 saturated heterocycles. The molecule has 0 unspecified atom stereocenters. The number of hydrogen-bond acceptors (Lipinski definition) is 8. The van der Waals surface area contributed by atoms with Crippen LogP contribution < -0.4 is 11.1 Å². The number of aliphatic hydroxyl groups excluding tert-OH is 3. The number of aliphatic hydroxyl groups is 3. The normalized spacial score (nSPS) is 31.6. The van der Waals surface area contributed by atoms with E-state index in [4.69, 9.17) is 10.5 Å². The van der Waals surface area contributed by atoms with Crippen LogP contribution >= 0.6 is 11.8 Å². The highest BCUT2D eigenvalue weighted by molar-refractivity contribution is 7.99. The number of ether oxygens (including phenoxy) is 1. The Labute approximate surface area is 230 Å². The van der Waals surface area contributed by atoms with Gasteiger partial charge in [-0.2, -0.15) is 0 Å². The zero-order chi connectivity index (χ0) is 28.0. The van der Waals surface area contributed by atoms with E-state index < -0.39 is 48.0 Å². The molecule has 0 aliphatic carbocycles. The minimum Gasteiger partial charge on any atom is -0.388 e. The average Bonchev–Trinajstić information content (AvgIpc) is 2.91. The highest BCUT2D eigenvalue weighted by Crippen LogP contribution is 2.32. The number of rotatable bonds is 10. The van der Waals surface area contributed by atoms with E-state index in [1.54, 1.807) is 11.2 Å². The van der Waals surface area contributed by atoms with Crippen LogP contribution in [0.1, 0.15) is 52.0 Å². The Hall–Kier alpha value is -1.69. The van der Waals surface area contributed by atoms with Gasteiger partial charge in [0.2, 0.25) is 11.8 Å². The van der Waals surface area contributed by atoms with Crippen molar-refractivity contribution >= 4 is 23.6 Å². The van der Waals surface area contributed by atoms with Crippen molar-refractivity contribution in [3.8, 4) is 0 Å². The number of thioether (sulfide) groups is 1. The fraction of sp³-hybridized carbons (Fsp3) is 0.714. The van der Waals surface area contributed by atoms with Crippen molar-refractivity contribution in [1.29, 1.82) is 0 Å². The summed E-state index contributed by atoms with van der Waals surface area (Å²) < 4.78 is 5.97. The molecule has 0 aromatic heterocycles. The molecule has 1 aromatic carbocycles. The second-order valence-electron chi connectivity index (χ2n) is 11.0. The molecule has 2 fully saturated rings. The van der Waals surface area contributed by atoms with Crippen LogP contribution in [-0.4, -0.2) is 92.8 Å². The van der Waals surface area contributed by atoms with Crippen LogP contribution in [0.4, 0.5) is 0 Å². The Balaban J connectivity index is 1.80. The lowest BCUT2D eigenvalue weighted by molar-refractivity contribution is -0.208. The van der Waals surface area contributed by atoms with Crippen molar-refractivity contribution < 1.29 is 29.6 Å². The molecular formula is C28H45N3O6S. The first-order valence-electron chi connectivity index (χ1n) is 13.7. The van der Waals surface area contributed by atoms with Crippen molar-refractivity contribution in [2.24, 2.45) is 17.6 Å². The Morgan fingerprint density at radius 1 is 1.16 bits per heavy atom. The summed E-state index contributed by atoms with van der Waals surface area (Å²) in [6.45, 7) is 6.36. The summed E-state index contributed by atoms with van der Waals surface area (Å²) in [4.78, 5) is 28.9. The maximum atomic E-state index is 13.8. The first-order chi connectivity index (χ1) is 18.1. The van der Waals surface area contributed by atoms with Crippen molar-refractivity contribution in [2.75, 3.05) is 12.8 Å². The molecule has 10 heteroatoms. The molecular weight excluding hydrogens is 506 g/mol. The summed E-state index contributed by atoms with van der Waals surface area (Å²) in [7, 11) is 0. The Bertz CT molecular complexity index is 904. The fourth-order valence-electron chi connectivity index (χ4n) is 5.64. The highest BCUT2D eigenvalue weighted by Gasteiger charge is 2.48. The lowest BCUT2D eigenvalue weighted by Gasteiger charge is -2.45. The molecule has 1 aromatic rings. The van der Waals surface area contributed by atoms with Gasteiger partial charge in [-0.05, 0) is 42.9 Å². The standard InChI is InChI=1S/C28H45N3O6S/c1-5-9-17-12-13-31(27(36)19(29)14-18-10-7-6-8-11-18)20(15-17)26(35)30-21(16(2)3)25-23(33)22(32)24(34)28(37-25)38-4/h6-8,10-11,16-17,19-25,28,32-34H,5,9,12-15,29H2,1-4H3,(H,30,35)/t17-,19+,20+,21-,22+,23-,24-,25-,28-/m1/s1. The van der Waals surface area contributed by atoms with Gasteiger partial charge in [0.25, 0.3) is 0 Å². The molecule has 2 aliphatic rings. The lowest BCUT2D eigenvalue weighted by Crippen LogP contribution is -2.65. The third kappa shape index (κ3) is 7.28. The molecule has 2 heterocycles. The van der Waals surface area contributed by atoms with Crippen LogP contribution in [0.15, 0.2) is 30.3 Å². The molecule has 9 nitrogen and oxygen atoms in total. The molecule has 2 amide bonds. The molecule has 38 heavy (non-hydrogen) atoms. The smallest absolute Gasteiger partial charge is 0.243 e. The Morgan fingerprint density at radius 2 is 1.84 bits per heavy atom. The zero-order valence-electron chi connectivity index (χ0n) is 22.9. The monoisotopic (exact) mass is 551 g/mol. The Kier molecular flexibility index (Phi) is 11.4. The topological polar surface area (TPSA) is 145 Å². The maximum absolute atomic E-state index is 13.8. The van der Waals surface area contributed by atoms with E-state index in [1.807, 2.05) is 44.2 Å². The first-order valence-corrected chi connectivity index (χ1v) is 15.0. The number of benzene rings is 1. The number of nitrogens with zero attached hydrogens (tertiary/aromatic N) is 1. The van der Waals surface area contributed by atoms with Gasteiger partial charge in [0.05, 0.1) is 12.1 Å². The van der Waals surface area contributed by atoms with Crippen molar-refractivity contribution in [3.63, 3.8) is 0 Å². The van der Waals surface area contributed by atoms with Crippen molar-refractivity contribution in [1.82, 2.24) is 10.2 Å². The van der Waals surface area contributed by atoms with Gasteiger partial charge in [-0.1, -0.05) is 63.9 Å². The van der Waals surface area contributed by atoms with E-state index in [9.17, 15) is 24.9 Å². The van der Waals surface area contributed by atoms with E-state index in [0.717, 1.165) is 24.8 Å². The van der Waals surface area contributed by atoms with E-state index in [0.29, 0.717) is 25.3 Å². The summed E-state index contributed by atoms with van der Waals surface area (Å²) in [5.74, 6) is -0.401. The van der Waals surface area contributed by atoms with Crippen molar-refractivity contribution in [2.45, 2.75) is 101 Å². The summed E-state index contributed by atoms with van der Waals surface area (Å²) in [6, 6.07) is 7.49. The minimum atomic E-state index is -1.40. The number of hydrogen-bond donors (Lipinski definition) is 5. The summed E-state index contributed by atoms with van der Waals surface area (Å²) in [6.07, 6.45) is 0.510. The largest absolute Gasteiger partial charge is 0.388 e. The molecule has 9 atom stereocenters. The molecule has 0 bridgehead atoms. The maximum Gasteiger partial charge on any atom is 0.243 e. The number of nitrogens with two attached hydrogens (primary N) is 1. The number of piperidine rings is 1. The third-order valence-electron chi connectivity index (χ3n) is 7.83. The molecule has 0 saturated carbocycles. The van der Waals surface area contributed by atoms with E-state index >= 15 is 0 Å². The van der Waals surface area contributed by atoms with Gasteiger partial charge in [0, 0.05) is 6.54 Å². The fourth-order valence-corrected chi connectivity index (χ4v) is 6.32. The van der Waals surface area contributed by atoms with Crippen LogP contribution in [-0.2, 0) is 20.7 Å². The SMILES string of the molecule is CCC[C@@H]1CCN(C(=O)[C@@H](N)Cc2ccccc2)[C@H](C(=O)N[C@H](C(C)C)[C@H]2O[C@H](SC)[C@H](O)[C@@H](O)[C@H]2O)C1. The summed E-state index contributed by atoms with van der Waals surface area (Å²) in [5, 5.41) is 34.5. The molecule has 0 radical (unpaired) electrons. The number of carbonyl (C=O) groups excluding carboxylic acids is 2. The van der Waals surface area contributed by atoms with E-state index in [2.05, 4.69) is 12.2 Å². The third-order valence-corrected chi connectivity index (χ3v) is 8.68. The molecule has 6 N–H and O–H groups in total. The van der Waals surface area contributed by atoms with Gasteiger partial charge in [-0.3, -0.25) is 9.59 Å². The second-order valence-corrected chi connectivity index (χ2v) is 11.9. The summed E-state index contributed by atoms with van der Waals surface area (Å²) in [5.41, 5.74) is 6.57. The number of amides is 2. The number of likely N-dealkylation sites (tertiary alicyclic amines) is 1. The van der Waals surface area contributed by atoms with Crippen LogP contribution in [0.2, 0.25) is 0 Å². The predicted octanol–water partition coefficient (Wildman–Crippen LogP) is 1.28. The van der Waals surface area contributed by atoms with Crippen LogP contribution in [0, 0.1) is 11.8 Å². The minimum absolute atomic E-state index is 0.150. The van der Waals surface area contributed by atoms with Gasteiger partial charge < -0.3 is 36.0 Å². The van der Waals surface area contributed by atoms with Gasteiger partial charge in [0.15, 0.2) is 0 Å². The molecule has 3 rings (SSSR count). The quantitative estimate of drug-likeness (QED) is 0.292. The van der Waals surface area contributed by atoms with Gasteiger partial charge >= 0.3 is 0 Å². The number of carbonyl (C=O) groups is 2. The molecule has 214 valence electrons. The van der Waals surface area contributed by atoms with Gasteiger partial charge in [-0.25, -0.2) is 0 Å². The highest BCUT2D eigenvalue weighted by atomic mass is 32.2. The second kappa shape index (κ2) is 14.1. The van der Waals surface area contributed by atoms with Crippen LogP contribution in [0.3, 0.4) is 0 Å². The lowest BCUT2D eigenvalue weighted by atomic mass is 9.85.